The number of hydrogen-bond donors (Lipinski definition) is 1. The van der Waals surface area contributed by atoms with Crippen LogP contribution in [0.1, 0.15) is 38.4 Å². The molecule has 102 valence electrons. The minimum Gasteiger partial charge on any atom is -0.452 e. The summed E-state index contributed by atoms with van der Waals surface area (Å²) in [7, 11) is 0. The number of rotatable bonds is 4. The van der Waals surface area contributed by atoms with E-state index in [0.717, 1.165) is 40.8 Å². The van der Waals surface area contributed by atoms with Crippen LogP contribution < -0.4 is 5.73 Å². The fourth-order valence-corrected chi connectivity index (χ4v) is 3.29. The first-order valence-corrected chi connectivity index (χ1v) is 8.12. The zero-order valence-corrected chi connectivity index (χ0v) is 13.8. The Hall–Kier alpha value is 0.160. The third kappa shape index (κ3) is 3.59. The van der Waals surface area contributed by atoms with Crippen molar-refractivity contribution < 1.29 is 4.42 Å². The normalized spacial score (nSPS) is 24.7. The topological polar surface area (TPSA) is 42.4 Å². The van der Waals surface area contributed by atoms with Crippen molar-refractivity contribution in [3.63, 3.8) is 0 Å². The number of hydrogen-bond acceptors (Lipinski definition) is 3. The van der Waals surface area contributed by atoms with Gasteiger partial charge in [-0.15, -0.1) is 0 Å². The van der Waals surface area contributed by atoms with Crippen LogP contribution in [-0.4, -0.2) is 23.5 Å². The van der Waals surface area contributed by atoms with Crippen LogP contribution in [0, 0.1) is 0 Å². The van der Waals surface area contributed by atoms with Crippen LogP contribution in [0.25, 0.3) is 0 Å². The fourth-order valence-electron chi connectivity index (χ4n) is 2.64. The average Bonchev–Trinajstić information content (AvgIpc) is 2.67. The summed E-state index contributed by atoms with van der Waals surface area (Å²) < 4.78 is 7.42. The van der Waals surface area contributed by atoms with Gasteiger partial charge in [0.05, 0.1) is 11.0 Å². The summed E-state index contributed by atoms with van der Waals surface area (Å²) in [5.41, 5.74) is 5.96. The molecule has 0 atom stereocenters. The Morgan fingerprint density at radius 1 is 1.33 bits per heavy atom. The Balaban J connectivity index is 1.96. The maximum atomic E-state index is 5.96. The van der Waals surface area contributed by atoms with Crippen LogP contribution in [0.4, 0.5) is 0 Å². The van der Waals surface area contributed by atoms with Crippen molar-refractivity contribution in [2.75, 3.05) is 6.54 Å². The van der Waals surface area contributed by atoms with Crippen LogP contribution >= 0.6 is 31.9 Å². The van der Waals surface area contributed by atoms with Crippen LogP contribution in [0.15, 0.2) is 19.6 Å². The summed E-state index contributed by atoms with van der Waals surface area (Å²) >= 11 is 6.84. The highest BCUT2D eigenvalue weighted by Crippen LogP contribution is 2.29. The first-order chi connectivity index (χ1) is 8.60. The number of nitrogens with zero attached hydrogens (tertiary/aromatic N) is 1. The van der Waals surface area contributed by atoms with Crippen molar-refractivity contribution in [2.24, 2.45) is 5.73 Å². The lowest BCUT2D eigenvalue weighted by atomic mass is 9.90. The second kappa shape index (κ2) is 6.55. The van der Waals surface area contributed by atoms with E-state index in [2.05, 4.69) is 43.7 Å². The minimum atomic E-state index is 0.409. The van der Waals surface area contributed by atoms with Gasteiger partial charge in [0.1, 0.15) is 5.76 Å². The molecule has 18 heavy (non-hydrogen) atoms. The summed E-state index contributed by atoms with van der Waals surface area (Å²) in [6.07, 6.45) is 4.70. The molecule has 1 fully saturated rings. The van der Waals surface area contributed by atoms with Gasteiger partial charge in [-0.25, -0.2) is 0 Å². The van der Waals surface area contributed by atoms with Crippen molar-refractivity contribution in [1.29, 1.82) is 0 Å². The van der Waals surface area contributed by atoms with E-state index in [1.165, 1.54) is 12.8 Å². The summed E-state index contributed by atoms with van der Waals surface area (Å²) in [6.45, 7) is 4.14. The first kappa shape index (κ1) is 14.6. The van der Waals surface area contributed by atoms with Gasteiger partial charge in [-0.1, -0.05) is 6.92 Å². The van der Waals surface area contributed by atoms with E-state index in [4.69, 9.17) is 10.2 Å². The lowest BCUT2D eigenvalue weighted by Gasteiger charge is -2.34. The first-order valence-electron chi connectivity index (χ1n) is 6.53. The van der Waals surface area contributed by atoms with E-state index in [0.29, 0.717) is 12.1 Å². The van der Waals surface area contributed by atoms with E-state index in [9.17, 15) is 0 Å². The lowest BCUT2D eigenvalue weighted by Crippen LogP contribution is -2.40. The second-order valence-corrected chi connectivity index (χ2v) is 6.54. The molecule has 1 aliphatic carbocycles. The summed E-state index contributed by atoms with van der Waals surface area (Å²) in [4.78, 5) is 2.49. The maximum absolute atomic E-state index is 5.96. The van der Waals surface area contributed by atoms with Gasteiger partial charge in [0.25, 0.3) is 0 Å². The monoisotopic (exact) mass is 378 g/mol. The molecule has 0 bridgehead atoms. The van der Waals surface area contributed by atoms with Crippen molar-refractivity contribution in [3.05, 3.63) is 21.0 Å². The molecule has 1 aliphatic rings. The van der Waals surface area contributed by atoms with Crippen molar-refractivity contribution >= 4 is 31.9 Å². The molecule has 2 rings (SSSR count). The van der Waals surface area contributed by atoms with E-state index >= 15 is 0 Å². The smallest absolute Gasteiger partial charge is 0.183 e. The minimum absolute atomic E-state index is 0.409. The van der Waals surface area contributed by atoms with Crippen molar-refractivity contribution in [2.45, 2.75) is 51.2 Å². The summed E-state index contributed by atoms with van der Waals surface area (Å²) in [6, 6.07) is 3.10. The summed E-state index contributed by atoms with van der Waals surface area (Å²) in [5.74, 6) is 1.01. The molecule has 0 aliphatic heterocycles. The molecule has 0 radical (unpaired) electrons. The molecule has 0 unspecified atom stereocenters. The largest absolute Gasteiger partial charge is 0.452 e. The van der Waals surface area contributed by atoms with Crippen LogP contribution in [-0.2, 0) is 6.54 Å². The molecule has 5 heteroatoms. The van der Waals surface area contributed by atoms with Gasteiger partial charge in [-0.2, -0.15) is 0 Å². The van der Waals surface area contributed by atoms with Gasteiger partial charge in [0.2, 0.25) is 0 Å². The average molecular weight is 380 g/mol. The molecule has 0 spiro atoms. The van der Waals surface area contributed by atoms with E-state index in [1.807, 2.05) is 6.07 Å². The molecule has 1 aromatic rings. The summed E-state index contributed by atoms with van der Waals surface area (Å²) in [5, 5.41) is 0. The molecule has 1 heterocycles. The molecular formula is C13H20Br2N2O. The quantitative estimate of drug-likeness (QED) is 0.862. The van der Waals surface area contributed by atoms with Crippen LogP contribution in [0.2, 0.25) is 0 Å². The van der Waals surface area contributed by atoms with Gasteiger partial charge in [-0.3, -0.25) is 4.90 Å². The van der Waals surface area contributed by atoms with Gasteiger partial charge >= 0.3 is 0 Å². The molecule has 0 amide bonds. The Morgan fingerprint density at radius 3 is 2.50 bits per heavy atom. The Kier molecular flexibility index (Phi) is 5.30. The third-order valence-corrected chi connectivity index (χ3v) is 5.43. The predicted molar refractivity (Wildman–Crippen MR) is 80.4 cm³/mol. The molecule has 1 saturated carbocycles. The van der Waals surface area contributed by atoms with E-state index < -0.39 is 0 Å². The lowest BCUT2D eigenvalue weighted by molar-refractivity contribution is 0.139. The van der Waals surface area contributed by atoms with E-state index in [-0.39, 0.29) is 0 Å². The Labute approximate surface area is 125 Å². The molecule has 1 aromatic heterocycles. The third-order valence-electron chi connectivity index (χ3n) is 3.72. The Bertz CT molecular complexity index is 367. The van der Waals surface area contributed by atoms with Gasteiger partial charge < -0.3 is 10.2 Å². The van der Waals surface area contributed by atoms with Crippen LogP contribution in [0.5, 0.6) is 0 Å². The fraction of sp³-hybridized carbons (Fsp3) is 0.692. The molecule has 3 nitrogen and oxygen atoms in total. The van der Waals surface area contributed by atoms with Gasteiger partial charge in [-0.05, 0) is 70.2 Å². The number of halogens is 2. The van der Waals surface area contributed by atoms with Gasteiger partial charge in [0.15, 0.2) is 4.67 Å². The molecule has 2 N–H and O–H groups in total. The molecular weight excluding hydrogens is 360 g/mol. The zero-order chi connectivity index (χ0) is 13.1. The standard InChI is InChI=1S/C13H20Br2N2O/c1-2-17(10-5-3-9(16)4-6-10)8-11-7-12(14)13(15)18-11/h7,9-10H,2-6,8,16H2,1H3. The highest BCUT2D eigenvalue weighted by molar-refractivity contribution is 9.13. The number of nitrogens with two attached hydrogens (primary N) is 1. The highest BCUT2D eigenvalue weighted by atomic mass is 79.9. The number of furan rings is 1. The van der Waals surface area contributed by atoms with Crippen LogP contribution in [0.3, 0.4) is 0 Å². The molecule has 0 aromatic carbocycles. The highest BCUT2D eigenvalue weighted by Gasteiger charge is 2.24. The van der Waals surface area contributed by atoms with Crippen molar-refractivity contribution in [3.8, 4) is 0 Å². The maximum Gasteiger partial charge on any atom is 0.183 e. The SMILES string of the molecule is CCN(Cc1cc(Br)c(Br)o1)C1CCC(N)CC1. The van der Waals surface area contributed by atoms with Crippen molar-refractivity contribution in [1.82, 2.24) is 4.90 Å². The molecule has 0 saturated heterocycles. The zero-order valence-electron chi connectivity index (χ0n) is 10.7. The van der Waals surface area contributed by atoms with Gasteiger partial charge in [0, 0.05) is 12.1 Å². The predicted octanol–water partition coefficient (Wildman–Crippen LogP) is 3.90. The van der Waals surface area contributed by atoms with E-state index in [1.54, 1.807) is 0 Å². The second-order valence-electron chi connectivity index (χ2n) is 4.97. The Morgan fingerprint density at radius 2 is 2.00 bits per heavy atom.